The van der Waals surface area contributed by atoms with Gasteiger partial charge in [0.25, 0.3) is 0 Å². The summed E-state index contributed by atoms with van der Waals surface area (Å²) < 4.78 is 0. The summed E-state index contributed by atoms with van der Waals surface area (Å²) in [5.41, 5.74) is 7.05. The van der Waals surface area contributed by atoms with Crippen molar-refractivity contribution in [2.24, 2.45) is 0 Å². The summed E-state index contributed by atoms with van der Waals surface area (Å²) in [7, 11) is 0. The molecule has 0 unspecified atom stereocenters. The van der Waals surface area contributed by atoms with E-state index in [0.29, 0.717) is 0 Å². The Bertz CT molecular complexity index is 1250. The van der Waals surface area contributed by atoms with Gasteiger partial charge in [-0.2, -0.15) is 0 Å². The minimum absolute atomic E-state index is 0. The number of aryl methyl sites for hydroxylation is 4. The largest absolute Gasteiger partial charge is 2.00 e. The van der Waals surface area contributed by atoms with Crippen LogP contribution in [0.25, 0.3) is 23.2 Å². The molecule has 0 spiro atoms. The normalized spacial score (nSPS) is 10.8. The monoisotopic (exact) mass is 842 g/mol. The maximum absolute atomic E-state index is 4.28. The zero-order valence-corrected chi connectivity index (χ0v) is 29.7. The molecule has 0 fully saturated rings. The van der Waals surface area contributed by atoms with Gasteiger partial charge in [0.15, 0.2) is 0 Å². The Morgan fingerprint density at radius 1 is 0.526 bits per heavy atom. The predicted molar refractivity (Wildman–Crippen MR) is 156 cm³/mol. The van der Waals surface area contributed by atoms with E-state index in [1.54, 1.807) is 12.4 Å². The average Bonchev–Trinajstić information content (AvgIpc) is 2.92. The quantitative estimate of drug-likeness (QED) is 0.148. The molecule has 38 heavy (non-hydrogen) atoms. The van der Waals surface area contributed by atoms with E-state index >= 15 is 0 Å². The molecule has 1 aromatic heterocycles. The molecule has 0 aliphatic heterocycles. The first kappa shape index (κ1) is 37.7. The molecule has 0 atom stereocenters. The van der Waals surface area contributed by atoms with Gasteiger partial charge in [-0.1, -0.05) is 47.5 Å². The Morgan fingerprint density at radius 2 is 0.868 bits per heavy atom. The molecular weight excluding hydrogens is 804 g/mol. The van der Waals surface area contributed by atoms with E-state index in [2.05, 4.69) is 98.4 Å². The van der Waals surface area contributed by atoms with Gasteiger partial charge in [-0.05, 0) is 38.8 Å². The zero-order valence-electron chi connectivity index (χ0n) is 23.8. The van der Waals surface area contributed by atoms with Crippen molar-refractivity contribution in [3.63, 3.8) is 0 Å². The molecule has 2 nitrogen and oxygen atoms in total. The number of benzene rings is 3. The van der Waals surface area contributed by atoms with Gasteiger partial charge in [0.1, 0.15) is 0 Å². The van der Waals surface area contributed by atoms with Crippen LogP contribution in [-0.2, 0) is 42.1 Å². The minimum atomic E-state index is 0. The van der Waals surface area contributed by atoms with E-state index < -0.39 is 0 Å². The van der Waals surface area contributed by atoms with E-state index in [9.17, 15) is 0 Å². The first-order chi connectivity index (χ1) is 17.4. The Labute approximate surface area is 259 Å². The van der Waals surface area contributed by atoms with Gasteiger partial charge in [-0.3, -0.25) is 22.1 Å². The van der Waals surface area contributed by atoms with Crippen LogP contribution in [0, 0.1) is 39.8 Å². The maximum Gasteiger partial charge on any atom is 2.00 e. The molecule has 4 aromatic rings. The van der Waals surface area contributed by atoms with Gasteiger partial charge >= 0.3 is 42.1 Å². The second kappa shape index (κ2) is 22.6. The average molecular weight is 842 g/mol. The number of hydrogen-bond acceptors (Lipinski definition) is 2. The number of hydrogen-bond donors (Lipinski definition) is 0. The van der Waals surface area contributed by atoms with Crippen molar-refractivity contribution >= 4 is 23.2 Å². The third kappa shape index (κ3) is 14.5. The summed E-state index contributed by atoms with van der Waals surface area (Å²) in [4.78, 5) is 8.56. The first-order valence-corrected chi connectivity index (χ1v) is 12.0. The van der Waals surface area contributed by atoms with Gasteiger partial charge in [0, 0.05) is 12.4 Å². The minimum Gasteiger partial charge on any atom is -0.391 e. The van der Waals surface area contributed by atoms with Crippen LogP contribution in [0.1, 0.15) is 49.9 Å². The van der Waals surface area contributed by atoms with Gasteiger partial charge < -0.3 is 34.7 Å². The van der Waals surface area contributed by atoms with Crippen LogP contribution in [0.2, 0.25) is 0 Å². The van der Waals surface area contributed by atoms with E-state index in [4.69, 9.17) is 0 Å². The molecule has 4 heteroatoms. The van der Waals surface area contributed by atoms with Crippen LogP contribution in [-0.4, -0.2) is 9.97 Å². The molecule has 0 bridgehead atoms. The molecule has 196 valence electrons. The molecule has 4 rings (SSSR count). The first-order valence-electron chi connectivity index (χ1n) is 12.0. The van der Waals surface area contributed by atoms with Crippen LogP contribution in [0.3, 0.4) is 0 Å². The Balaban J connectivity index is 0. The van der Waals surface area contributed by atoms with Crippen molar-refractivity contribution in [1.82, 2.24) is 9.97 Å². The van der Waals surface area contributed by atoms with Crippen LogP contribution in [0.4, 0.5) is 0 Å². The van der Waals surface area contributed by atoms with Gasteiger partial charge in [0.05, 0.1) is 11.0 Å². The van der Waals surface area contributed by atoms with E-state index in [-0.39, 0.29) is 42.1 Å². The Kier molecular flexibility index (Phi) is 22.4. The number of aromatic nitrogens is 2. The SMILES string of the molecule is C[C-]=CC=[C-]C.C[C-]=c1ccccc1=[C-]C.Cc1ccc(C)c2nccnc12.Cc1ccc(C)cc1.[W+2].[W+2]. The molecule has 0 amide bonds. The third-order valence-corrected chi connectivity index (χ3v) is 5.13. The topological polar surface area (TPSA) is 25.8 Å². The molecule has 0 saturated carbocycles. The van der Waals surface area contributed by atoms with Crippen molar-refractivity contribution in [1.29, 1.82) is 0 Å². The summed E-state index contributed by atoms with van der Waals surface area (Å²) in [6.45, 7) is 15.8. The fourth-order valence-corrected chi connectivity index (χ4v) is 3.05. The summed E-state index contributed by atoms with van der Waals surface area (Å²) in [5, 5.41) is 2.26. The van der Waals surface area contributed by atoms with E-state index in [0.717, 1.165) is 21.5 Å². The summed E-state index contributed by atoms with van der Waals surface area (Å²) in [6, 6.07) is 20.7. The number of allylic oxidation sites excluding steroid dienone is 4. The van der Waals surface area contributed by atoms with Gasteiger partial charge in [-0.15, -0.1) is 39.8 Å². The fraction of sp³-hybridized carbons (Fsp3) is 0.235. The van der Waals surface area contributed by atoms with Crippen molar-refractivity contribution < 1.29 is 42.1 Å². The van der Waals surface area contributed by atoms with Crippen molar-refractivity contribution in [3.8, 4) is 0 Å². The Hall–Kier alpha value is -2.40. The van der Waals surface area contributed by atoms with Crippen LogP contribution < -0.4 is 10.4 Å². The molecule has 1 heterocycles. The predicted octanol–water partition coefficient (Wildman–Crippen LogP) is 7.33. The van der Waals surface area contributed by atoms with Crippen molar-refractivity contribution in [3.05, 3.63) is 130 Å². The van der Waals surface area contributed by atoms with E-state index in [1.807, 2.05) is 64.1 Å². The van der Waals surface area contributed by atoms with Crippen LogP contribution >= 0.6 is 0 Å². The molecule has 0 aliphatic carbocycles. The smallest absolute Gasteiger partial charge is 0.391 e. The number of nitrogens with zero attached hydrogens (tertiary/aromatic N) is 2. The molecule has 0 N–H and O–H groups in total. The second-order valence-corrected chi connectivity index (χ2v) is 8.06. The summed E-state index contributed by atoms with van der Waals surface area (Å²) in [6.07, 6.45) is 18.9. The maximum atomic E-state index is 4.28. The van der Waals surface area contributed by atoms with Crippen LogP contribution in [0.5, 0.6) is 0 Å². The van der Waals surface area contributed by atoms with Crippen molar-refractivity contribution in [2.75, 3.05) is 0 Å². The molecule has 0 saturated heterocycles. The van der Waals surface area contributed by atoms with E-state index in [1.165, 1.54) is 22.3 Å². The zero-order chi connectivity index (χ0) is 26.8. The van der Waals surface area contributed by atoms with Gasteiger partial charge in [0.2, 0.25) is 0 Å². The number of fused-ring (bicyclic) bond motifs is 1. The summed E-state index contributed by atoms with van der Waals surface area (Å²) >= 11 is 0. The number of rotatable bonds is 1. The van der Waals surface area contributed by atoms with Gasteiger partial charge in [-0.25, -0.2) is 12.1 Å². The van der Waals surface area contributed by atoms with Crippen molar-refractivity contribution in [2.45, 2.75) is 55.4 Å². The molecular formula is C34H38N2W2. The summed E-state index contributed by atoms with van der Waals surface area (Å²) in [5.74, 6) is 0. The fourth-order valence-electron chi connectivity index (χ4n) is 3.05. The third-order valence-electron chi connectivity index (χ3n) is 5.13. The molecule has 0 aliphatic rings. The Morgan fingerprint density at radius 3 is 1.16 bits per heavy atom. The second-order valence-electron chi connectivity index (χ2n) is 8.06. The molecule has 0 radical (unpaired) electrons. The standard InChI is InChI=1S/C10H10N2.C10H10.C8H10.C6H8.2W/c1-7-3-4-8(2)10-9(7)11-5-6-12-10;1-3-9-7-5-6-8-10(9)4-2;1-7-3-5-8(2)6-4-7;1-3-5-6-4-2;;/h3-6H,1-2H3;5-8H,1-2H3;3-6H,1-2H3;5-6H,1-2H3;;/q;-2;;-2;2*+2. The molecule has 3 aromatic carbocycles. The van der Waals surface area contributed by atoms with Crippen LogP contribution in [0.15, 0.2) is 85.2 Å².